The Balaban J connectivity index is 1.82. The summed E-state index contributed by atoms with van der Waals surface area (Å²) in [5.74, 6) is -0.0621. The second-order valence-corrected chi connectivity index (χ2v) is 5.82. The lowest BCUT2D eigenvalue weighted by Gasteiger charge is -2.14. The van der Waals surface area contributed by atoms with Crippen molar-refractivity contribution in [3.05, 3.63) is 42.0 Å². The highest BCUT2D eigenvalue weighted by atomic mass is 16.1. The molecule has 0 atom stereocenters. The zero-order valence-corrected chi connectivity index (χ0v) is 11.8. The van der Waals surface area contributed by atoms with Crippen LogP contribution >= 0.6 is 0 Å². The van der Waals surface area contributed by atoms with Crippen LogP contribution in [0.25, 0.3) is 10.8 Å². The zero-order chi connectivity index (χ0) is 14.2. The summed E-state index contributed by atoms with van der Waals surface area (Å²) in [6.07, 6.45) is 3.56. The molecule has 1 aliphatic carbocycles. The minimum atomic E-state index is -0.0621. The van der Waals surface area contributed by atoms with Crippen molar-refractivity contribution in [2.45, 2.75) is 26.2 Å². The molecule has 0 saturated heterocycles. The molecule has 1 aliphatic rings. The Morgan fingerprint density at radius 3 is 2.50 bits per heavy atom. The molecule has 0 unspecified atom stereocenters. The second-order valence-electron chi connectivity index (χ2n) is 5.82. The molecule has 1 amide bonds. The molecule has 0 bridgehead atoms. The van der Waals surface area contributed by atoms with Gasteiger partial charge in [-0.2, -0.15) is 0 Å². The number of anilines is 1. The molecule has 0 aliphatic heterocycles. The predicted molar refractivity (Wildman–Crippen MR) is 82.7 cm³/mol. The maximum absolute atomic E-state index is 12.3. The van der Waals surface area contributed by atoms with Crippen molar-refractivity contribution in [1.29, 1.82) is 0 Å². The van der Waals surface area contributed by atoms with Gasteiger partial charge in [-0.05, 0) is 47.6 Å². The van der Waals surface area contributed by atoms with Gasteiger partial charge in [-0.1, -0.05) is 31.2 Å². The summed E-state index contributed by atoms with van der Waals surface area (Å²) in [6, 6.07) is 11.7. The van der Waals surface area contributed by atoms with Crippen molar-refractivity contribution in [2.75, 3.05) is 12.3 Å². The Labute approximate surface area is 119 Å². The summed E-state index contributed by atoms with van der Waals surface area (Å²) in [6.45, 7) is 2.94. The molecule has 2 aromatic rings. The fourth-order valence-electron chi connectivity index (χ4n) is 2.65. The average Bonchev–Trinajstić information content (AvgIpc) is 3.25. The largest absolute Gasteiger partial charge is 0.398 e. The van der Waals surface area contributed by atoms with E-state index in [1.54, 1.807) is 0 Å². The number of rotatable bonds is 4. The fraction of sp³-hybridized carbons (Fsp3) is 0.353. The van der Waals surface area contributed by atoms with Crippen LogP contribution in [0, 0.1) is 5.41 Å². The van der Waals surface area contributed by atoms with Crippen molar-refractivity contribution >= 4 is 22.4 Å². The van der Waals surface area contributed by atoms with E-state index in [9.17, 15) is 4.79 Å². The molecule has 3 rings (SSSR count). The van der Waals surface area contributed by atoms with Crippen molar-refractivity contribution in [1.82, 2.24) is 5.32 Å². The normalized spacial score (nSPS) is 16.1. The predicted octanol–water partition coefficient (Wildman–Crippen LogP) is 3.34. The molecule has 3 heteroatoms. The second kappa shape index (κ2) is 4.82. The average molecular weight is 268 g/mol. The van der Waals surface area contributed by atoms with E-state index in [0.717, 1.165) is 23.7 Å². The number of fused-ring (bicyclic) bond motifs is 1. The molecule has 0 heterocycles. The fourth-order valence-corrected chi connectivity index (χ4v) is 2.65. The molecular formula is C17H20N2O. The number of amides is 1. The minimum absolute atomic E-state index is 0.0621. The van der Waals surface area contributed by atoms with E-state index in [2.05, 4.69) is 12.2 Å². The van der Waals surface area contributed by atoms with Crippen LogP contribution in [0.1, 0.15) is 36.5 Å². The van der Waals surface area contributed by atoms with Crippen LogP contribution in [0.3, 0.4) is 0 Å². The lowest BCUT2D eigenvalue weighted by molar-refractivity contribution is 0.0945. The number of nitrogens with one attached hydrogen (secondary N) is 1. The smallest absolute Gasteiger partial charge is 0.253 e. The molecule has 2 aromatic carbocycles. The third-order valence-corrected chi connectivity index (χ3v) is 4.49. The van der Waals surface area contributed by atoms with Gasteiger partial charge < -0.3 is 11.1 Å². The van der Waals surface area contributed by atoms with Crippen molar-refractivity contribution in [3.8, 4) is 0 Å². The van der Waals surface area contributed by atoms with Gasteiger partial charge in [0.1, 0.15) is 0 Å². The van der Waals surface area contributed by atoms with Gasteiger partial charge in [0.2, 0.25) is 0 Å². The zero-order valence-electron chi connectivity index (χ0n) is 11.8. The van der Waals surface area contributed by atoms with Crippen molar-refractivity contribution in [2.24, 2.45) is 5.41 Å². The molecule has 3 nitrogen and oxygen atoms in total. The summed E-state index contributed by atoms with van der Waals surface area (Å²) >= 11 is 0. The summed E-state index contributed by atoms with van der Waals surface area (Å²) < 4.78 is 0. The van der Waals surface area contributed by atoms with E-state index in [-0.39, 0.29) is 5.91 Å². The lowest BCUT2D eigenvalue weighted by Crippen LogP contribution is -2.30. The van der Waals surface area contributed by atoms with Gasteiger partial charge in [-0.25, -0.2) is 0 Å². The SMILES string of the molecule is CCC1(CNC(=O)c2cc3ccccc3cc2N)CC1. The Bertz CT molecular complexity index is 659. The molecule has 104 valence electrons. The van der Waals surface area contributed by atoms with Gasteiger partial charge in [0.05, 0.1) is 5.56 Å². The van der Waals surface area contributed by atoms with E-state index < -0.39 is 0 Å². The van der Waals surface area contributed by atoms with Crippen LogP contribution in [0.4, 0.5) is 5.69 Å². The van der Waals surface area contributed by atoms with Crippen LogP contribution in [-0.2, 0) is 0 Å². The Kier molecular flexibility index (Phi) is 3.13. The third-order valence-electron chi connectivity index (χ3n) is 4.49. The van der Waals surface area contributed by atoms with E-state index in [0.29, 0.717) is 16.7 Å². The Morgan fingerprint density at radius 2 is 1.90 bits per heavy atom. The molecular weight excluding hydrogens is 248 g/mol. The summed E-state index contributed by atoms with van der Waals surface area (Å²) in [5.41, 5.74) is 7.49. The molecule has 20 heavy (non-hydrogen) atoms. The first-order chi connectivity index (χ1) is 9.63. The molecule has 3 N–H and O–H groups in total. The van der Waals surface area contributed by atoms with Gasteiger partial charge in [-0.15, -0.1) is 0 Å². The van der Waals surface area contributed by atoms with Crippen LogP contribution in [-0.4, -0.2) is 12.5 Å². The standard InChI is InChI=1S/C17H20N2O/c1-2-17(7-8-17)11-19-16(20)14-9-12-5-3-4-6-13(12)10-15(14)18/h3-6,9-10H,2,7-8,11,18H2,1H3,(H,19,20). The summed E-state index contributed by atoms with van der Waals surface area (Å²) in [7, 11) is 0. The highest BCUT2D eigenvalue weighted by Gasteiger charge is 2.40. The first-order valence-electron chi connectivity index (χ1n) is 7.20. The monoisotopic (exact) mass is 268 g/mol. The Morgan fingerprint density at radius 1 is 1.25 bits per heavy atom. The van der Waals surface area contributed by atoms with E-state index in [1.165, 1.54) is 12.8 Å². The van der Waals surface area contributed by atoms with E-state index in [4.69, 9.17) is 5.73 Å². The number of benzene rings is 2. The third kappa shape index (κ3) is 2.36. The number of nitrogens with two attached hydrogens (primary N) is 1. The maximum atomic E-state index is 12.3. The van der Waals surface area contributed by atoms with Gasteiger partial charge in [0.15, 0.2) is 0 Å². The molecule has 1 saturated carbocycles. The van der Waals surface area contributed by atoms with Gasteiger partial charge >= 0.3 is 0 Å². The summed E-state index contributed by atoms with van der Waals surface area (Å²) in [5, 5.41) is 5.15. The number of hydrogen-bond acceptors (Lipinski definition) is 2. The number of carbonyl (C=O) groups is 1. The van der Waals surface area contributed by atoms with E-state index in [1.807, 2.05) is 36.4 Å². The topological polar surface area (TPSA) is 55.1 Å². The highest BCUT2D eigenvalue weighted by molar-refractivity contribution is 6.03. The first-order valence-corrected chi connectivity index (χ1v) is 7.20. The molecule has 0 radical (unpaired) electrons. The van der Waals surface area contributed by atoms with Crippen LogP contribution in [0.2, 0.25) is 0 Å². The molecule has 0 aromatic heterocycles. The van der Waals surface area contributed by atoms with Gasteiger partial charge in [0, 0.05) is 12.2 Å². The Hall–Kier alpha value is -2.03. The number of carbonyl (C=O) groups excluding carboxylic acids is 1. The maximum Gasteiger partial charge on any atom is 0.253 e. The molecule has 0 spiro atoms. The van der Waals surface area contributed by atoms with Crippen LogP contribution < -0.4 is 11.1 Å². The summed E-state index contributed by atoms with van der Waals surface area (Å²) in [4.78, 5) is 12.3. The van der Waals surface area contributed by atoms with Crippen LogP contribution in [0.5, 0.6) is 0 Å². The quantitative estimate of drug-likeness (QED) is 0.836. The number of hydrogen-bond donors (Lipinski definition) is 2. The van der Waals surface area contributed by atoms with Crippen molar-refractivity contribution in [3.63, 3.8) is 0 Å². The lowest BCUT2D eigenvalue weighted by atomic mass is 10.0. The highest BCUT2D eigenvalue weighted by Crippen LogP contribution is 2.47. The van der Waals surface area contributed by atoms with Crippen molar-refractivity contribution < 1.29 is 4.79 Å². The van der Waals surface area contributed by atoms with Gasteiger partial charge in [0.25, 0.3) is 5.91 Å². The molecule has 1 fully saturated rings. The number of nitrogen functional groups attached to an aromatic ring is 1. The minimum Gasteiger partial charge on any atom is -0.398 e. The van der Waals surface area contributed by atoms with Crippen LogP contribution in [0.15, 0.2) is 36.4 Å². The van der Waals surface area contributed by atoms with E-state index >= 15 is 0 Å². The van der Waals surface area contributed by atoms with Gasteiger partial charge in [-0.3, -0.25) is 4.79 Å². The first kappa shape index (κ1) is 13.0.